The summed E-state index contributed by atoms with van der Waals surface area (Å²) in [6.45, 7) is 3.79. The van der Waals surface area contributed by atoms with Gasteiger partial charge in [-0.2, -0.15) is 61.1 Å². The van der Waals surface area contributed by atoms with E-state index in [9.17, 15) is 63.9 Å². The van der Waals surface area contributed by atoms with E-state index in [2.05, 4.69) is 50.8 Å². The first kappa shape index (κ1) is 77.6. The lowest BCUT2D eigenvalue weighted by molar-refractivity contribution is -0.761. The number of hydrogen-bond donors (Lipinski definition) is 7. The van der Waals surface area contributed by atoms with Gasteiger partial charge in [-0.1, -0.05) is 54.1 Å². The normalized spacial score (nSPS) is 11.6. The van der Waals surface area contributed by atoms with Gasteiger partial charge in [0.05, 0.1) is 44.9 Å². The Kier molecular flexibility index (Phi) is 29.3. The van der Waals surface area contributed by atoms with Crippen LogP contribution < -0.4 is 4.74 Å². The quantitative estimate of drug-likeness (QED) is 0.00987. The van der Waals surface area contributed by atoms with Gasteiger partial charge >= 0.3 is 37.8 Å². The van der Waals surface area contributed by atoms with Gasteiger partial charge in [0.1, 0.15) is 42.2 Å². The van der Waals surface area contributed by atoms with Crippen LogP contribution in [0.1, 0.15) is 39.5 Å². The minimum atomic E-state index is -4.68. The number of aromatic carboxylic acids is 1. The van der Waals surface area contributed by atoms with E-state index in [1.807, 2.05) is 19.1 Å². The summed E-state index contributed by atoms with van der Waals surface area (Å²) in [6.07, 6.45) is 6.14. The van der Waals surface area contributed by atoms with E-state index in [4.69, 9.17) is 43.0 Å². The highest BCUT2D eigenvalue weighted by molar-refractivity contribution is 7.86. The Bertz CT molecular complexity index is 5090. The highest BCUT2D eigenvalue weighted by Gasteiger charge is 2.20. The van der Waals surface area contributed by atoms with Crippen molar-refractivity contribution in [1.82, 2.24) is 0 Å². The number of carbonyl (C=O) groups is 2. The molecule has 0 heterocycles. The molecule has 0 spiro atoms. The van der Waals surface area contributed by atoms with Crippen molar-refractivity contribution in [2.45, 2.75) is 28.5 Å². The van der Waals surface area contributed by atoms with Crippen molar-refractivity contribution in [1.29, 1.82) is 0 Å². The Morgan fingerprint density at radius 3 is 1.29 bits per heavy atom. The van der Waals surface area contributed by atoms with Crippen LogP contribution in [0.25, 0.3) is 18.2 Å². The smallest absolute Gasteiger partial charge is 0.425 e. The molecule has 7 N–H and O–H groups in total. The van der Waals surface area contributed by atoms with Crippen molar-refractivity contribution in [3.05, 3.63) is 198 Å². The van der Waals surface area contributed by atoms with Gasteiger partial charge in [0, 0.05) is 18.2 Å². The summed E-state index contributed by atoms with van der Waals surface area (Å²) in [5, 5.41) is 74.6. The molecule has 0 amide bonds. The number of phenolic OH excluding ortho intramolecular Hbond substituents is 1. The molecule has 0 radical (unpaired) electrons. The van der Waals surface area contributed by atoms with Crippen LogP contribution >= 0.6 is 0 Å². The van der Waals surface area contributed by atoms with Crippen LogP contribution in [-0.4, -0.2) is 115 Å². The number of carboxylic acid groups (broad SMARTS) is 1. The number of ether oxygens (including phenoxy) is 1. The zero-order chi connectivity index (χ0) is 72.2. The number of allylic oxidation sites excluding steroid dienone is 1. The van der Waals surface area contributed by atoms with Gasteiger partial charge in [0.2, 0.25) is 0 Å². The second-order valence-electron chi connectivity index (χ2n) is 18.0. The van der Waals surface area contributed by atoms with Crippen molar-refractivity contribution in [2.75, 3.05) is 0 Å². The van der Waals surface area contributed by atoms with E-state index in [-0.39, 0.29) is 68.1 Å². The zero-order valence-electron chi connectivity index (χ0n) is 48.9. The predicted octanol–water partition coefficient (Wildman–Crippen LogP) is 11.7. The molecule has 0 unspecified atom stereocenters. The fraction of sp³-hybridized carbons (Fsp3) is 0.0357. The molecule has 0 aliphatic carbocycles. The van der Waals surface area contributed by atoms with Gasteiger partial charge in [0.25, 0.3) is 42.5 Å². The summed E-state index contributed by atoms with van der Waals surface area (Å²) in [6, 6.07) is 39.3. The van der Waals surface area contributed by atoms with Gasteiger partial charge in [-0.05, 0) is 152 Å². The van der Waals surface area contributed by atoms with E-state index in [0.29, 0.717) is 33.2 Å². The van der Waals surface area contributed by atoms with Crippen LogP contribution in [-0.2, 0) is 67.0 Å². The van der Waals surface area contributed by atoms with Crippen molar-refractivity contribution in [3.63, 3.8) is 0 Å². The Hall–Kier alpha value is -11.8. The van der Waals surface area contributed by atoms with Gasteiger partial charge in [-0.15, -0.1) is 43.0 Å². The van der Waals surface area contributed by atoms with Crippen molar-refractivity contribution in [2.24, 2.45) is 46.0 Å². The highest BCUT2D eigenvalue weighted by Crippen LogP contribution is 2.35. The van der Waals surface area contributed by atoms with Crippen LogP contribution in [0.4, 0.5) is 56.9 Å². The molecule has 504 valence electrons. The molecular formula is C56H45N10O25S6+. The number of aryl methyl sites for hydroxylation is 1. The molecule has 0 bridgehead atoms. The van der Waals surface area contributed by atoms with E-state index >= 15 is 0 Å². The zero-order valence-corrected chi connectivity index (χ0v) is 53.8. The van der Waals surface area contributed by atoms with Crippen molar-refractivity contribution < 1.29 is 117 Å². The molecule has 41 heteroatoms. The van der Waals surface area contributed by atoms with Crippen LogP contribution in [0, 0.1) is 6.92 Å². The summed E-state index contributed by atoms with van der Waals surface area (Å²) >= 11 is 0. The van der Waals surface area contributed by atoms with E-state index in [1.54, 1.807) is 67.6 Å². The molecule has 0 saturated heterocycles. The molecular weight excluding hydrogens is 1410 g/mol. The third-order valence-corrected chi connectivity index (χ3v) is 13.9. The van der Waals surface area contributed by atoms with Gasteiger partial charge < -0.3 is 20.1 Å². The number of carboxylic acids is 1. The molecule has 0 fully saturated rings. The lowest BCUT2D eigenvalue weighted by atomic mass is 10.1. The molecule has 8 aromatic carbocycles. The minimum Gasteiger partial charge on any atom is -0.507 e. The summed E-state index contributed by atoms with van der Waals surface area (Å²) in [5.74, 6) is -2.11. The molecule has 0 saturated carbocycles. The molecule has 0 aromatic heterocycles. The number of benzene rings is 8. The fourth-order valence-electron chi connectivity index (χ4n) is 7.12. The minimum absolute atomic E-state index is 0.0514. The summed E-state index contributed by atoms with van der Waals surface area (Å²) in [4.78, 5) is 20.9. The molecule has 0 atom stereocenters. The largest absolute Gasteiger partial charge is 0.507 e. The molecule has 0 aliphatic rings. The van der Waals surface area contributed by atoms with Crippen LogP contribution in [0.5, 0.6) is 17.2 Å². The maximum atomic E-state index is 12.3. The first-order valence-electron chi connectivity index (χ1n) is 25.7. The van der Waals surface area contributed by atoms with Crippen LogP contribution in [0.3, 0.4) is 0 Å². The maximum Gasteiger partial charge on any atom is 0.425 e. The number of aromatic hydroxyl groups is 2. The number of hydrogen-bond acceptors (Lipinski definition) is 29. The summed E-state index contributed by atoms with van der Waals surface area (Å²) < 4.78 is 181. The summed E-state index contributed by atoms with van der Waals surface area (Å²) in [7, 11) is -23.2. The van der Waals surface area contributed by atoms with Crippen molar-refractivity contribution >= 4 is 150 Å². The van der Waals surface area contributed by atoms with Crippen molar-refractivity contribution in [3.8, 4) is 17.2 Å². The van der Waals surface area contributed by atoms with Crippen LogP contribution in [0.15, 0.2) is 231 Å². The lowest BCUT2D eigenvalue weighted by Gasteiger charge is -2.04. The third-order valence-electron chi connectivity index (χ3n) is 11.2. The Morgan fingerprint density at radius 1 is 0.454 bits per heavy atom. The molecule has 8 rings (SSSR count). The Labute approximate surface area is 552 Å². The molecule has 97 heavy (non-hydrogen) atoms. The number of nitrogens with zero attached hydrogens (tertiary/aromatic N) is 10. The lowest BCUT2D eigenvalue weighted by Crippen LogP contribution is -2.01. The SMILES string of the molecule is C/C=C/c1ccc(N=[N+](O)c2ccc(/C=C/c3ccc(N=Nc4ccc(N=Nc5ccc(O)c(OC=O)c5)cc4)cc3S(=O)(=O)O)cc2)cc1S(=O)(=O)O.Cc1ccc(N=Nc2ccc(N=Nc3ccc(O)c(C(=O)O)c3)c(S(=O)(=O)O)c2)cc1.O=S(=O)=O.O=S(=O)=O.O=S(=O)=O. The fourth-order valence-corrected chi connectivity index (χ4v) is 9.17. The second kappa shape index (κ2) is 36.6. The summed E-state index contributed by atoms with van der Waals surface area (Å²) in [5.41, 5.74) is 3.80. The highest BCUT2D eigenvalue weighted by atomic mass is 32.2. The van der Waals surface area contributed by atoms with E-state index in [0.717, 1.165) is 35.9 Å². The second-order valence-corrected chi connectivity index (χ2v) is 23.4. The van der Waals surface area contributed by atoms with Gasteiger partial charge in [-0.3, -0.25) is 23.7 Å². The van der Waals surface area contributed by atoms with Crippen LogP contribution in [0.2, 0.25) is 0 Å². The average molecular weight is 1450 g/mol. The molecule has 8 aromatic rings. The first-order chi connectivity index (χ1) is 45.6. The Morgan fingerprint density at radius 2 is 0.825 bits per heavy atom. The monoisotopic (exact) mass is 1450 g/mol. The standard InChI is InChI=1S/C36H28N6O10S2.C20H16N4O6S.3O3S/c1-2-3-25-9-11-31(22-36(25)54(49,50)51)41-42(45)32-17-5-24(6-18-32)4-7-26-8-10-30(21-35(26)53(46,47)48)40-38-28-14-12-27(13-15-28)37-39-29-16-19-33(44)34(20-29)52-23-43;1-12-2-4-13(5-3-12)21-22-15-6-8-17(19(11-15)31(28,29)30)24-23-14-7-9-18(25)16(10-14)20(26)27;3*1-4(2)3/h2-23H,1H3,(H3-,37,40,41,44,45,46,47,48,49,50,51);2-11,25H,1H3,(H,26,27)(H,28,29,30);;;/p+1/b3-2+;;;;. The number of rotatable bonds is 19. The van der Waals surface area contributed by atoms with E-state index < -0.39 is 89.3 Å². The maximum absolute atomic E-state index is 12.3. The first-order valence-corrected chi connectivity index (χ1v) is 33.0. The number of carbonyl (C=O) groups excluding carboxylic acids is 1. The molecule has 0 aliphatic heterocycles. The average Bonchev–Trinajstić information content (AvgIpc) is 0.897. The number of phenols is 2. The molecule has 35 nitrogen and oxygen atoms in total. The van der Waals surface area contributed by atoms with Gasteiger partial charge in [-0.25, -0.2) is 4.79 Å². The number of azo groups is 5. The van der Waals surface area contributed by atoms with Gasteiger partial charge in [0.15, 0.2) is 11.5 Å². The Balaban J connectivity index is 0.000000389. The topological polar surface area (TPSA) is 555 Å². The van der Waals surface area contributed by atoms with E-state index in [1.165, 1.54) is 84.9 Å². The predicted molar refractivity (Wildman–Crippen MR) is 336 cm³/mol. The third kappa shape index (κ3) is 27.3.